The summed E-state index contributed by atoms with van der Waals surface area (Å²) in [4.78, 5) is 12.2. The van der Waals surface area contributed by atoms with Crippen LogP contribution in [0.25, 0.3) is 0 Å². The first-order valence-electron chi connectivity index (χ1n) is 6.60. The molecule has 1 rings (SSSR count). The van der Waals surface area contributed by atoms with Crippen LogP contribution in [0.5, 0.6) is 5.75 Å². The Balaban J connectivity index is 2.76. The number of aliphatic hydroxyl groups is 1. The van der Waals surface area contributed by atoms with Crippen molar-refractivity contribution in [1.82, 2.24) is 5.32 Å². The maximum absolute atomic E-state index is 12.2. The van der Waals surface area contributed by atoms with E-state index in [0.29, 0.717) is 15.8 Å². The van der Waals surface area contributed by atoms with Crippen molar-refractivity contribution in [2.24, 2.45) is 0 Å². The van der Waals surface area contributed by atoms with Crippen LogP contribution in [0.2, 0.25) is 10.0 Å². The van der Waals surface area contributed by atoms with Crippen molar-refractivity contribution in [2.45, 2.75) is 51.9 Å². The molecule has 1 aromatic carbocycles. The summed E-state index contributed by atoms with van der Waals surface area (Å²) in [5, 5.41) is 13.6. The Kier molecular flexibility index (Phi) is 5.53. The molecule has 0 aromatic heterocycles. The van der Waals surface area contributed by atoms with E-state index in [-0.39, 0.29) is 5.91 Å². The number of carbonyl (C=O) groups is 1. The maximum Gasteiger partial charge on any atom is 0.261 e. The number of rotatable bonds is 5. The highest BCUT2D eigenvalue weighted by molar-refractivity contribution is 6.35. The van der Waals surface area contributed by atoms with Crippen molar-refractivity contribution >= 4 is 29.1 Å². The standard InChI is InChI=1S/C15H21Cl2NO3/c1-9(13(19)18-14(2,3)15(4,5)20)21-12-7-6-10(16)8-11(12)17/h6-9,20H,1-5H3,(H,18,19). The molecular weight excluding hydrogens is 313 g/mol. The predicted octanol–water partition coefficient (Wildman–Crippen LogP) is 3.43. The lowest BCUT2D eigenvalue weighted by atomic mass is 9.86. The van der Waals surface area contributed by atoms with Crippen molar-refractivity contribution in [1.29, 1.82) is 0 Å². The van der Waals surface area contributed by atoms with Crippen LogP contribution >= 0.6 is 23.2 Å². The van der Waals surface area contributed by atoms with E-state index >= 15 is 0 Å². The molecule has 2 N–H and O–H groups in total. The summed E-state index contributed by atoms with van der Waals surface area (Å²) in [6, 6.07) is 4.79. The number of hydrogen-bond donors (Lipinski definition) is 2. The van der Waals surface area contributed by atoms with Gasteiger partial charge in [-0.3, -0.25) is 4.79 Å². The second-order valence-electron chi connectivity index (χ2n) is 6.01. The summed E-state index contributed by atoms with van der Waals surface area (Å²) in [5.74, 6) is 0.0397. The van der Waals surface area contributed by atoms with Gasteiger partial charge in [0.1, 0.15) is 5.75 Å². The molecule has 0 aliphatic rings. The summed E-state index contributed by atoms with van der Waals surface area (Å²) >= 11 is 11.8. The third-order valence-electron chi connectivity index (χ3n) is 3.53. The Morgan fingerprint density at radius 1 is 1.29 bits per heavy atom. The lowest BCUT2D eigenvalue weighted by Crippen LogP contribution is -2.59. The first kappa shape index (κ1) is 18.1. The first-order valence-corrected chi connectivity index (χ1v) is 7.36. The summed E-state index contributed by atoms with van der Waals surface area (Å²) in [6.07, 6.45) is -0.759. The van der Waals surface area contributed by atoms with E-state index in [9.17, 15) is 9.90 Å². The first-order chi connectivity index (χ1) is 9.44. The molecule has 0 saturated carbocycles. The third-order valence-corrected chi connectivity index (χ3v) is 4.06. The molecule has 21 heavy (non-hydrogen) atoms. The van der Waals surface area contributed by atoms with Gasteiger partial charge in [0, 0.05) is 5.02 Å². The number of ether oxygens (including phenoxy) is 1. The minimum Gasteiger partial charge on any atom is -0.479 e. The van der Waals surface area contributed by atoms with Gasteiger partial charge in [0.05, 0.1) is 16.2 Å². The third kappa shape index (κ3) is 4.77. The van der Waals surface area contributed by atoms with Crippen LogP contribution in [0.15, 0.2) is 18.2 Å². The molecule has 1 amide bonds. The number of nitrogens with one attached hydrogen (secondary N) is 1. The summed E-state index contributed by atoms with van der Waals surface area (Å²) in [7, 11) is 0. The second-order valence-corrected chi connectivity index (χ2v) is 6.85. The molecule has 0 radical (unpaired) electrons. The fourth-order valence-corrected chi connectivity index (χ4v) is 1.83. The van der Waals surface area contributed by atoms with Gasteiger partial charge >= 0.3 is 0 Å². The Hall–Kier alpha value is -0.970. The van der Waals surface area contributed by atoms with Crippen LogP contribution in [0, 0.1) is 0 Å². The molecule has 0 heterocycles. The number of benzene rings is 1. The molecule has 118 valence electrons. The smallest absolute Gasteiger partial charge is 0.261 e. The fourth-order valence-electron chi connectivity index (χ4n) is 1.38. The van der Waals surface area contributed by atoms with Crippen LogP contribution in [0.4, 0.5) is 0 Å². The average molecular weight is 334 g/mol. The molecule has 1 atom stereocenters. The molecule has 6 heteroatoms. The summed E-state index contributed by atoms with van der Waals surface area (Å²) in [6.45, 7) is 8.37. The Labute approximate surface area is 135 Å². The largest absolute Gasteiger partial charge is 0.479 e. The highest BCUT2D eigenvalue weighted by Crippen LogP contribution is 2.28. The van der Waals surface area contributed by atoms with E-state index in [0.717, 1.165) is 0 Å². The van der Waals surface area contributed by atoms with Gasteiger partial charge < -0.3 is 15.2 Å². The lowest BCUT2D eigenvalue weighted by Gasteiger charge is -2.38. The minimum absolute atomic E-state index is 0.337. The highest BCUT2D eigenvalue weighted by Gasteiger charge is 2.37. The van der Waals surface area contributed by atoms with Crippen molar-refractivity contribution in [3.05, 3.63) is 28.2 Å². The zero-order valence-electron chi connectivity index (χ0n) is 12.8. The number of halogens is 2. The Morgan fingerprint density at radius 2 is 1.86 bits per heavy atom. The predicted molar refractivity (Wildman–Crippen MR) is 85.1 cm³/mol. The van der Waals surface area contributed by atoms with Crippen molar-refractivity contribution in [3.8, 4) is 5.75 Å². The van der Waals surface area contributed by atoms with Crippen molar-refractivity contribution in [2.75, 3.05) is 0 Å². The molecule has 0 bridgehead atoms. The van der Waals surface area contributed by atoms with E-state index in [1.54, 1.807) is 52.8 Å². The zero-order chi connectivity index (χ0) is 16.4. The van der Waals surface area contributed by atoms with Gasteiger partial charge in [0.15, 0.2) is 6.10 Å². The van der Waals surface area contributed by atoms with Crippen LogP contribution in [-0.4, -0.2) is 28.3 Å². The molecule has 1 unspecified atom stereocenters. The quantitative estimate of drug-likeness (QED) is 0.867. The average Bonchev–Trinajstić information content (AvgIpc) is 2.30. The van der Waals surface area contributed by atoms with E-state index in [4.69, 9.17) is 27.9 Å². The molecule has 1 aromatic rings. The van der Waals surface area contributed by atoms with Crippen LogP contribution in [0.1, 0.15) is 34.6 Å². The van der Waals surface area contributed by atoms with Gasteiger partial charge in [-0.1, -0.05) is 23.2 Å². The fraction of sp³-hybridized carbons (Fsp3) is 0.533. The topological polar surface area (TPSA) is 58.6 Å². The summed E-state index contributed by atoms with van der Waals surface area (Å²) < 4.78 is 5.54. The van der Waals surface area contributed by atoms with Crippen LogP contribution in [-0.2, 0) is 4.79 Å². The molecule has 0 fully saturated rings. The van der Waals surface area contributed by atoms with Gasteiger partial charge in [-0.2, -0.15) is 0 Å². The van der Waals surface area contributed by atoms with E-state index in [1.807, 2.05) is 0 Å². The minimum atomic E-state index is -1.07. The maximum atomic E-state index is 12.2. The second kappa shape index (κ2) is 6.42. The molecule has 4 nitrogen and oxygen atoms in total. The highest BCUT2D eigenvalue weighted by atomic mass is 35.5. The van der Waals surface area contributed by atoms with Gasteiger partial charge in [-0.25, -0.2) is 0 Å². The SMILES string of the molecule is CC(Oc1ccc(Cl)cc1Cl)C(=O)NC(C)(C)C(C)(C)O. The monoisotopic (exact) mass is 333 g/mol. The number of carbonyl (C=O) groups excluding carboxylic acids is 1. The molecule has 0 aliphatic heterocycles. The Bertz CT molecular complexity index is 524. The van der Waals surface area contributed by atoms with Crippen LogP contribution in [0.3, 0.4) is 0 Å². The molecule has 0 spiro atoms. The van der Waals surface area contributed by atoms with E-state index in [2.05, 4.69) is 5.32 Å². The van der Waals surface area contributed by atoms with Gasteiger partial charge in [0.25, 0.3) is 5.91 Å². The van der Waals surface area contributed by atoms with E-state index < -0.39 is 17.2 Å². The number of hydrogen-bond acceptors (Lipinski definition) is 3. The van der Waals surface area contributed by atoms with E-state index in [1.165, 1.54) is 0 Å². The lowest BCUT2D eigenvalue weighted by molar-refractivity contribution is -0.132. The zero-order valence-corrected chi connectivity index (χ0v) is 14.3. The van der Waals surface area contributed by atoms with Gasteiger partial charge in [-0.15, -0.1) is 0 Å². The Morgan fingerprint density at radius 3 is 2.33 bits per heavy atom. The van der Waals surface area contributed by atoms with Crippen molar-refractivity contribution < 1.29 is 14.6 Å². The van der Waals surface area contributed by atoms with Crippen LogP contribution < -0.4 is 10.1 Å². The molecule has 0 saturated heterocycles. The molecular formula is C15H21Cl2NO3. The van der Waals surface area contributed by atoms with Gasteiger partial charge in [-0.05, 0) is 52.8 Å². The normalized spacial score (nSPS) is 13.7. The summed E-state index contributed by atoms with van der Waals surface area (Å²) in [5.41, 5.74) is -1.87. The molecule has 0 aliphatic carbocycles. The number of amides is 1. The van der Waals surface area contributed by atoms with Crippen molar-refractivity contribution in [3.63, 3.8) is 0 Å². The van der Waals surface area contributed by atoms with Gasteiger partial charge in [0.2, 0.25) is 0 Å².